The van der Waals surface area contributed by atoms with Gasteiger partial charge in [-0.05, 0) is 25.0 Å². The fourth-order valence-corrected chi connectivity index (χ4v) is 2.36. The zero-order valence-electron chi connectivity index (χ0n) is 10.3. The van der Waals surface area contributed by atoms with Crippen LogP contribution in [0.2, 0.25) is 0 Å². The van der Waals surface area contributed by atoms with E-state index in [1.807, 2.05) is 0 Å². The minimum Gasteiger partial charge on any atom is -0.367 e. The second-order valence-electron chi connectivity index (χ2n) is 4.70. The number of piperidine rings is 1. The Balaban J connectivity index is 2.18. The predicted molar refractivity (Wildman–Crippen MR) is 62.1 cm³/mol. The van der Waals surface area contributed by atoms with Crippen LogP contribution in [0, 0.1) is 28.9 Å². The lowest BCUT2D eigenvalue weighted by molar-refractivity contribution is -0.179. The van der Waals surface area contributed by atoms with Gasteiger partial charge in [0.05, 0.1) is 17.6 Å². The summed E-state index contributed by atoms with van der Waals surface area (Å²) in [5, 5.41) is 8.59. The van der Waals surface area contributed by atoms with Gasteiger partial charge in [-0.3, -0.25) is 0 Å². The van der Waals surface area contributed by atoms with Crippen molar-refractivity contribution in [3.05, 3.63) is 29.3 Å². The van der Waals surface area contributed by atoms with Gasteiger partial charge in [0, 0.05) is 13.1 Å². The number of nitriles is 1. The number of hydrogen-bond donors (Lipinski definition) is 0. The second kappa shape index (κ2) is 5.27. The van der Waals surface area contributed by atoms with Gasteiger partial charge in [0.25, 0.3) is 0 Å². The fraction of sp³-hybridized carbons (Fsp3) is 0.462. The molecule has 2 rings (SSSR count). The monoisotopic (exact) mass is 290 g/mol. The molecular weight excluding hydrogens is 279 g/mol. The molecule has 0 atom stereocenters. The molecule has 0 unspecified atom stereocenters. The largest absolute Gasteiger partial charge is 0.391 e. The quantitative estimate of drug-likeness (QED) is 0.739. The van der Waals surface area contributed by atoms with Crippen molar-refractivity contribution in [2.75, 3.05) is 18.0 Å². The third-order valence-corrected chi connectivity index (χ3v) is 3.42. The van der Waals surface area contributed by atoms with Crippen LogP contribution in [0.15, 0.2) is 12.1 Å². The van der Waals surface area contributed by atoms with Crippen LogP contribution >= 0.6 is 0 Å². The molecule has 1 heterocycles. The van der Waals surface area contributed by atoms with Crippen LogP contribution in [0.3, 0.4) is 0 Å². The predicted octanol–water partition coefficient (Wildman–Crippen LogP) is 3.62. The molecule has 0 saturated carbocycles. The highest BCUT2D eigenvalue weighted by atomic mass is 19.4. The molecule has 0 radical (unpaired) electrons. The molecule has 0 N–H and O–H groups in total. The first kappa shape index (κ1) is 14.6. The summed E-state index contributed by atoms with van der Waals surface area (Å²) in [6.07, 6.45) is -4.65. The summed E-state index contributed by atoms with van der Waals surface area (Å²) in [7, 11) is 0. The summed E-state index contributed by atoms with van der Waals surface area (Å²) >= 11 is 0. The van der Waals surface area contributed by atoms with E-state index in [2.05, 4.69) is 0 Å². The van der Waals surface area contributed by atoms with Crippen LogP contribution < -0.4 is 4.90 Å². The van der Waals surface area contributed by atoms with Crippen molar-refractivity contribution in [1.82, 2.24) is 0 Å². The molecule has 1 fully saturated rings. The Bertz CT molecular complexity index is 516. The first-order valence-corrected chi connectivity index (χ1v) is 6.03. The first-order chi connectivity index (χ1) is 9.32. The molecule has 0 amide bonds. The smallest absolute Gasteiger partial charge is 0.367 e. The third-order valence-electron chi connectivity index (χ3n) is 3.42. The zero-order valence-corrected chi connectivity index (χ0v) is 10.3. The summed E-state index contributed by atoms with van der Waals surface area (Å²) in [5.74, 6) is -3.28. The lowest BCUT2D eigenvalue weighted by atomic mass is 9.95. The Kier molecular flexibility index (Phi) is 3.84. The number of hydrogen-bond acceptors (Lipinski definition) is 2. The highest BCUT2D eigenvalue weighted by Gasteiger charge is 2.41. The molecule has 1 aromatic rings. The maximum absolute atomic E-state index is 13.8. The standard InChI is InChI=1S/C13H11F5N2/c14-10-5-8(7-19)6-11(15)12(10)20-3-1-9(2-4-20)13(16,17)18/h5-6,9H,1-4H2. The highest BCUT2D eigenvalue weighted by molar-refractivity contribution is 5.52. The summed E-state index contributed by atoms with van der Waals surface area (Å²) in [6.45, 7) is -0.131. The normalized spacial score (nSPS) is 17.1. The van der Waals surface area contributed by atoms with Crippen molar-refractivity contribution in [3.63, 3.8) is 0 Å². The Morgan fingerprint density at radius 2 is 1.60 bits per heavy atom. The van der Waals surface area contributed by atoms with E-state index in [1.165, 1.54) is 4.90 Å². The second-order valence-corrected chi connectivity index (χ2v) is 4.70. The topological polar surface area (TPSA) is 27.0 Å². The van der Waals surface area contributed by atoms with Gasteiger partial charge in [-0.1, -0.05) is 0 Å². The van der Waals surface area contributed by atoms with Gasteiger partial charge in [-0.25, -0.2) is 8.78 Å². The summed E-state index contributed by atoms with van der Waals surface area (Å²) < 4.78 is 65.1. The van der Waals surface area contributed by atoms with Crippen molar-refractivity contribution in [1.29, 1.82) is 5.26 Å². The molecule has 0 aromatic heterocycles. The molecule has 1 saturated heterocycles. The minimum absolute atomic E-state index is 0.0656. The SMILES string of the molecule is N#Cc1cc(F)c(N2CCC(C(F)(F)F)CC2)c(F)c1. The van der Waals surface area contributed by atoms with E-state index >= 15 is 0 Å². The number of anilines is 1. The third kappa shape index (κ3) is 2.84. The van der Waals surface area contributed by atoms with Crippen LogP contribution in [0.5, 0.6) is 0 Å². The Morgan fingerprint density at radius 1 is 1.10 bits per heavy atom. The van der Waals surface area contributed by atoms with Gasteiger partial charge < -0.3 is 4.90 Å². The van der Waals surface area contributed by atoms with Gasteiger partial charge in [0.2, 0.25) is 0 Å². The molecule has 7 heteroatoms. The average molecular weight is 290 g/mol. The van der Waals surface area contributed by atoms with Crippen molar-refractivity contribution < 1.29 is 22.0 Å². The Morgan fingerprint density at radius 3 is 2.00 bits per heavy atom. The van der Waals surface area contributed by atoms with Crippen molar-refractivity contribution >= 4 is 5.69 Å². The zero-order chi connectivity index (χ0) is 14.9. The number of benzene rings is 1. The van der Waals surface area contributed by atoms with E-state index in [4.69, 9.17) is 5.26 Å². The van der Waals surface area contributed by atoms with E-state index < -0.39 is 23.7 Å². The van der Waals surface area contributed by atoms with E-state index in [0.29, 0.717) is 0 Å². The van der Waals surface area contributed by atoms with Gasteiger partial charge in [-0.15, -0.1) is 0 Å². The lowest BCUT2D eigenvalue weighted by Crippen LogP contribution is -2.39. The van der Waals surface area contributed by atoms with Crippen LogP contribution in [0.4, 0.5) is 27.6 Å². The summed E-state index contributed by atoms with van der Waals surface area (Å²) in [4.78, 5) is 1.26. The number of rotatable bonds is 1. The maximum Gasteiger partial charge on any atom is 0.391 e. The number of nitrogens with zero attached hydrogens (tertiary/aromatic N) is 2. The van der Waals surface area contributed by atoms with Crippen LogP contribution in [-0.4, -0.2) is 19.3 Å². The molecule has 1 aliphatic heterocycles. The number of halogens is 5. The Labute approximate surface area is 112 Å². The first-order valence-electron chi connectivity index (χ1n) is 6.03. The van der Waals surface area contributed by atoms with Gasteiger partial charge >= 0.3 is 6.18 Å². The summed E-state index contributed by atoms with van der Waals surface area (Å²) in [5.41, 5.74) is -0.515. The van der Waals surface area contributed by atoms with E-state index in [9.17, 15) is 22.0 Å². The molecule has 1 aromatic carbocycles. The maximum atomic E-state index is 13.8. The average Bonchev–Trinajstić information content (AvgIpc) is 2.37. The van der Waals surface area contributed by atoms with Crippen molar-refractivity contribution in [2.45, 2.75) is 19.0 Å². The minimum atomic E-state index is -4.27. The molecule has 2 nitrogen and oxygen atoms in total. The van der Waals surface area contributed by atoms with Crippen molar-refractivity contribution in [2.24, 2.45) is 5.92 Å². The molecule has 0 spiro atoms. The Hall–Kier alpha value is -1.84. The number of alkyl halides is 3. The van der Waals surface area contributed by atoms with Crippen LogP contribution in [-0.2, 0) is 0 Å². The molecule has 1 aliphatic rings. The van der Waals surface area contributed by atoms with Gasteiger partial charge in [0.1, 0.15) is 5.69 Å². The fourth-order valence-electron chi connectivity index (χ4n) is 2.36. The van der Waals surface area contributed by atoms with E-state index in [1.54, 1.807) is 6.07 Å². The molecule has 20 heavy (non-hydrogen) atoms. The van der Waals surface area contributed by atoms with Crippen LogP contribution in [0.25, 0.3) is 0 Å². The van der Waals surface area contributed by atoms with Gasteiger partial charge in [0.15, 0.2) is 11.6 Å². The van der Waals surface area contributed by atoms with Crippen LogP contribution in [0.1, 0.15) is 18.4 Å². The lowest BCUT2D eigenvalue weighted by Gasteiger charge is -2.34. The summed E-state index contributed by atoms with van der Waals surface area (Å²) in [6, 6.07) is 3.38. The molecular formula is C13H11F5N2. The van der Waals surface area contributed by atoms with Gasteiger partial charge in [-0.2, -0.15) is 18.4 Å². The highest BCUT2D eigenvalue weighted by Crippen LogP contribution is 2.36. The molecule has 0 aliphatic carbocycles. The van der Waals surface area contributed by atoms with Crippen molar-refractivity contribution in [3.8, 4) is 6.07 Å². The molecule has 0 bridgehead atoms. The van der Waals surface area contributed by atoms with E-state index in [0.717, 1.165) is 12.1 Å². The molecule has 108 valence electrons. The van der Waals surface area contributed by atoms with E-state index in [-0.39, 0.29) is 37.2 Å².